The van der Waals surface area contributed by atoms with Crippen molar-refractivity contribution in [2.45, 2.75) is 16.5 Å². The summed E-state index contributed by atoms with van der Waals surface area (Å²) in [5.41, 5.74) is 2.18. The lowest BCUT2D eigenvalue weighted by Gasteiger charge is -2.22. The Balaban J connectivity index is 1.15. The van der Waals surface area contributed by atoms with Crippen molar-refractivity contribution in [2.24, 2.45) is 5.92 Å². The number of ether oxygens (including phenoxy) is 3. The number of carbonyl (C=O) groups is 3. The molecule has 1 fully saturated rings. The van der Waals surface area contributed by atoms with Gasteiger partial charge in [0.1, 0.15) is 13.2 Å². The van der Waals surface area contributed by atoms with Crippen LogP contribution in [0.15, 0.2) is 46.8 Å². The third-order valence-corrected chi connectivity index (χ3v) is 7.75. The standard InChI is InChI=1S/C24H22N4O6S2/c1-32-22(31)15-4-2-14(3-5-15)13-35-24-27-26-23(36-24)25-21(30)16-10-20(29)28(12-16)17-6-7-18-19(11-17)34-9-8-33-18/h2-7,11,16H,8-10,12-13H2,1H3,(H,25,26,30)/t16-/m1/s1. The fourth-order valence-electron chi connectivity index (χ4n) is 3.86. The van der Waals surface area contributed by atoms with Gasteiger partial charge in [0.2, 0.25) is 16.9 Å². The maximum absolute atomic E-state index is 12.8. The fraction of sp³-hybridized carbons (Fsp3) is 0.292. The van der Waals surface area contributed by atoms with Crippen molar-refractivity contribution in [3.63, 3.8) is 0 Å². The van der Waals surface area contributed by atoms with E-state index in [1.54, 1.807) is 35.2 Å². The summed E-state index contributed by atoms with van der Waals surface area (Å²) in [5, 5.41) is 11.4. The molecule has 0 unspecified atom stereocenters. The molecule has 1 atom stereocenters. The van der Waals surface area contributed by atoms with E-state index < -0.39 is 5.92 Å². The number of nitrogens with zero attached hydrogens (tertiary/aromatic N) is 3. The van der Waals surface area contributed by atoms with E-state index in [4.69, 9.17) is 14.2 Å². The molecule has 12 heteroatoms. The molecule has 2 aliphatic rings. The maximum atomic E-state index is 12.8. The summed E-state index contributed by atoms with van der Waals surface area (Å²) in [6.07, 6.45) is 0.113. The first-order valence-corrected chi connectivity index (χ1v) is 12.9. The number of esters is 1. The lowest BCUT2D eigenvalue weighted by Crippen LogP contribution is -2.28. The second-order valence-corrected chi connectivity index (χ2v) is 10.3. The molecule has 0 spiro atoms. The van der Waals surface area contributed by atoms with Gasteiger partial charge in [-0.25, -0.2) is 4.79 Å². The van der Waals surface area contributed by atoms with Crippen LogP contribution in [-0.4, -0.2) is 54.8 Å². The van der Waals surface area contributed by atoms with Gasteiger partial charge in [0.15, 0.2) is 15.8 Å². The highest BCUT2D eigenvalue weighted by Gasteiger charge is 2.36. The normalized spacial score (nSPS) is 16.6. The number of rotatable bonds is 7. The van der Waals surface area contributed by atoms with Crippen LogP contribution in [0.25, 0.3) is 0 Å². The molecule has 10 nitrogen and oxygen atoms in total. The lowest BCUT2D eigenvalue weighted by atomic mass is 10.1. The molecule has 2 aliphatic heterocycles. The van der Waals surface area contributed by atoms with E-state index in [1.807, 2.05) is 12.1 Å². The first-order valence-electron chi connectivity index (χ1n) is 11.1. The van der Waals surface area contributed by atoms with Crippen molar-refractivity contribution in [3.05, 3.63) is 53.6 Å². The molecule has 3 heterocycles. The highest BCUT2D eigenvalue weighted by Crippen LogP contribution is 2.36. The van der Waals surface area contributed by atoms with Crippen molar-refractivity contribution in [1.29, 1.82) is 0 Å². The van der Waals surface area contributed by atoms with Gasteiger partial charge in [-0.05, 0) is 29.8 Å². The molecule has 1 N–H and O–H groups in total. The molecule has 5 rings (SSSR count). The molecule has 186 valence electrons. The minimum absolute atomic E-state index is 0.113. The average molecular weight is 527 g/mol. The van der Waals surface area contributed by atoms with Gasteiger partial charge in [-0.3, -0.25) is 9.59 Å². The zero-order valence-corrected chi connectivity index (χ0v) is 20.9. The molecule has 0 bridgehead atoms. The third-order valence-electron chi connectivity index (χ3n) is 5.71. The van der Waals surface area contributed by atoms with E-state index in [2.05, 4.69) is 15.5 Å². The van der Waals surface area contributed by atoms with Crippen molar-refractivity contribution in [2.75, 3.05) is 37.1 Å². The summed E-state index contributed by atoms with van der Waals surface area (Å²) >= 11 is 2.75. The summed E-state index contributed by atoms with van der Waals surface area (Å²) in [6, 6.07) is 12.5. The van der Waals surface area contributed by atoms with Gasteiger partial charge in [0.25, 0.3) is 0 Å². The number of thioether (sulfide) groups is 1. The molecular weight excluding hydrogens is 504 g/mol. The van der Waals surface area contributed by atoms with Crippen LogP contribution in [0.3, 0.4) is 0 Å². The van der Waals surface area contributed by atoms with Crippen molar-refractivity contribution < 1.29 is 28.6 Å². The van der Waals surface area contributed by atoms with E-state index >= 15 is 0 Å². The maximum Gasteiger partial charge on any atom is 0.337 e. The number of fused-ring (bicyclic) bond motifs is 1. The van der Waals surface area contributed by atoms with Crippen LogP contribution in [0.4, 0.5) is 10.8 Å². The van der Waals surface area contributed by atoms with Crippen molar-refractivity contribution in [3.8, 4) is 11.5 Å². The number of methoxy groups -OCH3 is 1. The van der Waals surface area contributed by atoms with Crippen LogP contribution >= 0.6 is 23.1 Å². The highest BCUT2D eigenvalue weighted by molar-refractivity contribution is 8.00. The Labute approximate surface area is 214 Å². The second-order valence-electron chi connectivity index (χ2n) is 8.07. The predicted molar refractivity (Wildman–Crippen MR) is 134 cm³/mol. The molecule has 36 heavy (non-hydrogen) atoms. The van der Waals surface area contributed by atoms with Crippen LogP contribution < -0.4 is 19.7 Å². The van der Waals surface area contributed by atoms with Gasteiger partial charge >= 0.3 is 5.97 Å². The van der Waals surface area contributed by atoms with E-state index in [0.29, 0.717) is 51.2 Å². The van der Waals surface area contributed by atoms with E-state index in [1.165, 1.54) is 30.2 Å². The minimum Gasteiger partial charge on any atom is -0.486 e. The Morgan fingerprint density at radius 3 is 2.69 bits per heavy atom. The van der Waals surface area contributed by atoms with Crippen LogP contribution in [0.1, 0.15) is 22.3 Å². The minimum atomic E-state index is -0.501. The van der Waals surface area contributed by atoms with Gasteiger partial charge in [0.05, 0.1) is 18.6 Å². The molecule has 2 aromatic carbocycles. The van der Waals surface area contributed by atoms with Gasteiger partial charge in [-0.1, -0.05) is 35.2 Å². The molecule has 1 saturated heterocycles. The van der Waals surface area contributed by atoms with Gasteiger partial charge in [0, 0.05) is 30.5 Å². The summed E-state index contributed by atoms with van der Waals surface area (Å²) in [4.78, 5) is 38.6. The third kappa shape index (κ3) is 5.29. The Bertz CT molecular complexity index is 1300. The Morgan fingerprint density at radius 2 is 1.92 bits per heavy atom. The largest absolute Gasteiger partial charge is 0.486 e. The molecular formula is C24H22N4O6S2. The van der Waals surface area contributed by atoms with E-state index in [9.17, 15) is 14.4 Å². The Morgan fingerprint density at radius 1 is 1.14 bits per heavy atom. The summed E-state index contributed by atoms with van der Waals surface area (Å²) in [7, 11) is 1.35. The second kappa shape index (κ2) is 10.5. The Hall–Kier alpha value is -3.64. The summed E-state index contributed by atoms with van der Waals surface area (Å²) in [6.45, 7) is 1.22. The molecule has 0 saturated carbocycles. The summed E-state index contributed by atoms with van der Waals surface area (Å²) in [5.74, 6) is 0.599. The van der Waals surface area contributed by atoms with Crippen LogP contribution in [0.5, 0.6) is 11.5 Å². The molecule has 0 aliphatic carbocycles. The molecule has 0 radical (unpaired) electrons. The van der Waals surface area contributed by atoms with Crippen LogP contribution in [0.2, 0.25) is 0 Å². The fourth-order valence-corrected chi connectivity index (χ4v) is 5.57. The zero-order valence-electron chi connectivity index (χ0n) is 19.3. The SMILES string of the molecule is COC(=O)c1ccc(CSc2nnc(NC(=O)[C@@H]3CC(=O)N(c4ccc5c(c4)OCCO5)C3)s2)cc1. The monoisotopic (exact) mass is 526 g/mol. The number of hydrogen-bond donors (Lipinski definition) is 1. The smallest absolute Gasteiger partial charge is 0.337 e. The predicted octanol–water partition coefficient (Wildman–Crippen LogP) is 3.38. The zero-order chi connectivity index (χ0) is 25.1. The number of amides is 2. The first kappa shape index (κ1) is 24.1. The Kier molecular flexibility index (Phi) is 7.05. The topological polar surface area (TPSA) is 120 Å². The number of benzene rings is 2. The molecule has 2 amide bonds. The van der Waals surface area contributed by atoms with E-state index in [0.717, 1.165) is 5.56 Å². The number of nitrogens with one attached hydrogen (secondary N) is 1. The van der Waals surface area contributed by atoms with Crippen LogP contribution in [-0.2, 0) is 20.1 Å². The van der Waals surface area contributed by atoms with Gasteiger partial charge in [-0.15, -0.1) is 10.2 Å². The molecule has 3 aromatic rings. The number of carbonyl (C=O) groups excluding carboxylic acids is 3. The van der Waals surface area contributed by atoms with Gasteiger partial charge in [-0.2, -0.15) is 0 Å². The number of hydrogen-bond acceptors (Lipinski definition) is 10. The number of aromatic nitrogens is 2. The number of anilines is 2. The van der Waals surface area contributed by atoms with Crippen LogP contribution in [0, 0.1) is 5.92 Å². The van der Waals surface area contributed by atoms with E-state index in [-0.39, 0.29) is 30.7 Å². The molecule has 1 aromatic heterocycles. The van der Waals surface area contributed by atoms with Gasteiger partial charge < -0.3 is 24.4 Å². The van der Waals surface area contributed by atoms with Crippen molar-refractivity contribution >= 4 is 51.7 Å². The highest BCUT2D eigenvalue weighted by atomic mass is 32.2. The first-order chi connectivity index (χ1) is 17.5. The average Bonchev–Trinajstić information content (AvgIpc) is 3.53. The van der Waals surface area contributed by atoms with Crippen molar-refractivity contribution in [1.82, 2.24) is 10.2 Å². The quantitative estimate of drug-likeness (QED) is 0.281. The summed E-state index contributed by atoms with van der Waals surface area (Å²) < 4.78 is 16.5. The lowest BCUT2D eigenvalue weighted by molar-refractivity contribution is -0.122.